The van der Waals surface area contributed by atoms with Crippen molar-refractivity contribution in [2.45, 2.75) is 17.7 Å². The van der Waals surface area contributed by atoms with Crippen LogP contribution in [0.3, 0.4) is 0 Å². The summed E-state index contributed by atoms with van der Waals surface area (Å²) in [6, 6.07) is 19.5. The molecule has 4 rings (SSSR count). The Morgan fingerprint density at radius 1 is 1.00 bits per heavy atom. The van der Waals surface area contributed by atoms with Crippen LogP contribution in [0.2, 0.25) is 0 Å². The molecule has 6 heteroatoms. The summed E-state index contributed by atoms with van der Waals surface area (Å²) >= 11 is 4.38. The summed E-state index contributed by atoms with van der Waals surface area (Å²) in [6.45, 7) is 1.98. The monoisotopic (exact) mass is 419 g/mol. The average Bonchev–Trinajstić information content (AvgIpc) is 3.08. The zero-order chi connectivity index (χ0) is 21.3. The number of esters is 1. The first-order valence-corrected chi connectivity index (χ1v) is 9.98. The lowest BCUT2D eigenvalue weighted by Gasteiger charge is -2.15. The van der Waals surface area contributed by atoms with Gasteiger partial charge in [-0.2, -0.15) is 0 Å². The third kappa shape index (κ3) is 3.66. The van der Waals surface area contributed by atoms with Crippen LogP contribution in [0.25, 0.3) is 11.1 Å². The number of thiol groups is 1. The van der Waals surface area contributed by atoms with Crippen molar-refractivity contribution < 1.29 is 19.1 Å². The number of hydrogen-bond acceptors (Lipinski definition) is 5. The Labute approximate surface area is 180 Å². The van der Waals surface area contributed by atoms with Crippen LogP contribution >= 0.6 is 12.6 Å². The molecule has 1 N–H and O–H groups in total. The third-order valence-electron chi connectivity index (χ3n) is 5.38. The number of rotatable bonds is 4. The van der Waals surface area contributed by atoms with Gasteiger partial charge >= 0.3 is 12.1 Å². The normalized spacial score (nSPS) is 12.1. The molecule has 1 aliphatic carbocycles. The average molecular weight is 420 g/mol. The Morgan fingerprint density at radius 3 is 2.20 bits per heavy atom. The first-order chi connectivity index (χ1) is 14.5. The smallest absolute Gasteiger partial charge is 0.411 e. The lowest BCUT2D eigenvalue weighted by molar-refractivity contribution is 0.0599. The minimum atomic E-state index is -0.593. The van der Waals surface area contributed by atoms with Crippen molar-refractivity contribution >= 4 is 30.4 Å². The third-order valence-corrected chi connectivity index (χ3v) is 5.84. The molecule has 0 bridgehead atoms. The van der Waals surface area contributed by atoms with E-state index < -0.39 is 12.1 Å². The number of nitrogens with one attached hydrogen (secondary N) is 1. The zero-order valence-corrected chi connectivity index (χ0v) is 17.5. The minimum absolute atomic E-state index is 0.0211. The van der Waals surface area contributed by atoms with Gasteiger partial charge < -0.3 is 9.47 Å². The largest absolute Gasteiger partial charge is 0.465 e. The fourth-order valence-electron chi connectivity index (χ4n) is 3.85. The van der Waals surface area contributed by atoms with E-state index in [1.54, 1.807) is 19.1 Å². The van der Waals surface area contributed by atoms with Crippen LogP contribution in [-0.4, -0.2) is 25.8 Å². The Hall–Kier alpha value is -3.25. The maximum absolute atomic E-state index is 12.5. The van der Waals surface area contributed by atoms with Crippen LogP contribution in [-0.2, 0) is 9.47 Å². The summed E-state index contributed by atoms with van der Waals surface area (Å²) in [6.07, 6.45) is -0.593. The van der Waals surface area contributed by atoms with E-state index in [1.165, 1.54) is 18.2 Å². The molecule has 0 spiro atoms. The standard InChI is InChI=1S/C24H21NO4S/c1-14-20(23(26)28-2)11-15(12-22(14)30)25-24(27)29-13-21-18-9-5-3-7-16(18)17-8-4-6-10-19(17)21/h3-12,21,30H,13H2,1-2H3,(H,25,27). The molecule has 0 radical (unpaired) electrons. The highest BCUT2D eigenvalue weighted by Gasteiger charge is 2.29. The van der Waals surface area contributed by atoms with E-state index in [0.29, 0.717) is 21.7 Å². The highest BCUT2D eigenvalue weighted by atomic mass is 32.1. The highest BCUT2D eigenvalue weighted by molar-refractivity contribution is 7.80. The summed E-state index contributed by atoms with van der Waals surface area (Å²) in [7, 11) is 1.31. The van der Waals surface area contributed by atoms with Gasteiger partial charge in [-0.1, -0.05) is 48.5 Å². The number of methoxy groups -OCH3 is 1. The van der Waals surface area contributed by atoms with Crippen molar-refractivity contribution in [2.75, 3.05) is 19.0 Å². The molecule has 1 aliphatic rings. The molecule has 0 saturated carbocycles. The van der Waals surface area contributed by atoms with Gasteiger partial charge in [-0.25, -0.2) is 9.59 Å². The van der Waals surface area contributed by atoms with Gasteiger partial charge in [-0.15, -0.1) is 12.6 Å². The second kappa shape index (κ2) is 8.24. The van der Waals surface area contributed by atoms with Crippen LogP contribution in [0.15, 0.2) is 65.6 Å². The highest BCUT2D eigenvalue weighted by Crippen LogP contribution is 2.44. The number of anilines is 1. The van der Waals surface area contributed by atoms with Gasteiger partial charge in [0, 0.05) is 16.5 Å². The van der Waals surface area contributed by atoms with Crippen molar-refractivity contribution in [3.05, 3.63) is 82.9 Å². The van der Waals surface area contributed by atoms with Gasteiger partial charge in [-0.05, 0) is 46.9 Å². The maximum Gasteiger partial charge on any atom is 0.411 e. The van der Waals surface area contributed by atoms with Crippen LogP contribution in [0, 0.1) is 6.92 Å². The van der Waals surface area contributed by atoms with E-state index in [-0.39, 0.29) is 12.5 Å². The molecule has 0 atom stereocenters. The summed E-state index contributed by atoms with van der Waals surface area (Å²) < 4.78 is 10.3. The Balaban J connectivity index is 1.50. The van der Waals surface area contributed by atoms with Gasteiger partial charge in [0.1, 0.15) is 6.61 Å². The molecule has 0 aromatic heterocycles. The van der Waals surface area contributed by atoms with E-state index in [2.05, 4.69) is 42.2 Å². The number of fused-ring (bicyclic) bond motifs is 3. The number of amides is 1. The maximum atomic E-state index is 12.5. The second-order valence-electron chi connectivity index (χ2n) is 7.11. The number of carbonyl (C=O) groups excluding carboxylic acids is 2. The van der Waals surface area contributed by atoms with Crippen molar-refractivity contribution in [3.8, 4) is 11.1 Å². The Kier molecular flexibility index (Phi) is 5.50. The van der Waals surface area contributed by atoms with E-state index in [0.717, 1.165) is 11.1 Å². The van der Waals surface area contributed by atoms with Crippen molar-refractivity contribution in [2.24, 2.45) is 0 Å². The van der Waals surface area contributed by atoms with Gasteiger partial charge in [0.25, 0.3) is 0 Å². The second-order valence-corrected chi connectivity index (χ2v) is 7.59. The topological polar surface area (TPSA) is 64.6 Å². The van der Waals surface area contributed by atoms with Crippen LogP contribution in [0.5, 0.6) is 0 Å². The quantitative estimate of drug-likeness (QED) is 0.437. The Bertz CT molecular complexity index is 1100. The SMILES string of the molecule is COC(=O)c1cc(NC(=O)OCC2c3ccccc3-c3ccccc32)cc(S)c1C. The van der Waals surface area contributed by atoms with Crippen LogP contribution in [0.4, 0.5) is 10.5 Å². The molecule has 0 heterocycles. The first-order valence-electron chi connectivity index (χ1n) is 9.53. The zero-order valence-electron chi connectivity index (χ0n) is 16.6. The molecule has 5 nitrogen and oxygen atoms in total. The number of hydrogen-bond donors (Lipinski definition) is 2. The predicted octanol–water partition coefficient (Wildman–Crippen LogP) is 5.43. The molecule has 3 aromatic rings. The fourth-order valence-corrected chi connectivity index (χ4v) is 4.10. The predicted molar refractivity (Wildman–Crippen MR) is 118 cm³/mol. The summed E-state index contributed by atoms with van der Waals surface area (Å²) in [5.41, 5.74) is 6.08. The van der Waals surface area contributed by atoms with Crippen LogP contribution < -0.4 is 5.32 Å². The van der Waals surface area contributed by atoms with Crippen molar-refractivity contribution in [3.63, 3.8) is 0 Å². The number of carbonyl (C=O) groups is 2. The van der Waals surface area contributed by atoms with E-state index in [9.17, 15) is 9.59 Å². The minimum Gasteiger partial charge on any atom is -0.465 e. The Morgan fingerprint density at radius 2 is 1.60 bits per heavy atom. The molecule has 0 aliphatic heterocycles. The lowest BCUT2D eigenvalue weighted by atomic mass is 9.98. The number of ether oxygens (including phenoxy) is 2. The molecule has 152 valence electrons. The van der Waals surface area contributed by atoms with Gasteiger partial charge in [0.2, 0.25) is 0 Å². The molecule has 3 aromatic carbocycles. The summed E-state index contributed by atoms with van der Waals surface area (Å²) in [5.74, 6) is -0.508. The molecule has 30 heavy (non-hydrogen) atoms. The van der Waals surface area contributed by atoms with E-state index in [1.807, 2.05) is 24.3 Å². The molecule has 0 unspecified atom stereocenters. The fraction of sp³-hybridized carbons (Fsp3) is 0.167. The summed E-state index contributed by atoms with van der Waals surface area (Å²) in [4.78, 5) is 25.0. The van der Waals surface area contributed by atoms with Crippen LogP contribution in [0.1, 0.15) is 33.0 Å². The van der Waals surface area contributed by atoms with Gasteiger partial charge in [0.15, 0.2) is 0 Å². The molecular formula is C24H21NO4S. The molecule has 0 saturated heterocycles. The lowest BCUT2D eigenvalue weighted by Crippen LogP contribution is -2.18. The molecular weight excluding hydrogens is 398 g/mol. The van der Waals surface area contributed by atoms with Crippen molar-refractivity contribution in [1.29, 1.82) is 0 Å². The van der Waals surface area contributed by atoms with E-state index in [4.69, 9.17) is 9.47 Å². The van der Waals surface area contributed by atoms with Gasteiger partial charge in [-0.3, -0.25) is 5.32 Å². The summed E-state index contributed by atoms with van der Waals surface area (Å²) in [5, 5.41) is 2.68. The number of benzene rings is 3. The molecule has 0 fully saturated rings. The van der Waals surface area contributed by atoms with E-state index >= 15 is 0 Å². The van der Waals surface area contributed by atoms with Crippen molar-refractivity contribution in [1.82, 2.24) is 0 Å². The first kappa shape index (κ1) is 20.0. The van der Waals surface area contributed by atoms with Gasteiger partial charge in [0.05, 0.1) is 12.7 Å². The molecule has 1 amide bonds.